The Kier molecular flexibility index (Phi) is 4.32. The van der Waals surface area contributed by atoms with Crippen molar-refractivity contribution in [1.29, 1.82) is 0 Å². The van der Waals surface area contributed by atoms with Crippen LogP contribution in [0.2, 0.25) is 0 Å². The fraction of sp³-hybridized carbons (Fsp3) is 0.318. The third-order valence-corrected chi connectivity index (χ3v) is 5.64. The van der Waals surface area contributed by atoms with E-state index < -0.39 is 0 Å². The molecule has 0 amide bonds. The topological polar surface area (TPSA) is 87.3 Å². The zero-order chi connectivity index (χ0) is 20.0. The molecule has 29 heavy (non-hydrogen) atoms. The average molecular weight is 389 g/mol. The van der Waals surface area contributed by atoms with Gasteiger partial charge in [-0.1, -0.05) is 0 Å². The van der Waals surface area contributed by atoms with Crippen LogP contribution < -0.4 is 10.2 Å². The summed E-state index contributed by atoms with van der Waals surface area (Å²) in [5.74, 6) is 1.69. The lowest BCUT2D eigenvalue weighted by Gasteiger charge is -2.32. The number of anilines is 1. The van der Waals surface area contributed by atoms with Gasteiger partial charge < -0.3 is 19.7 Å². The van der Waals surface area contributed by atoms with Gasteiger partial charge in [0.1, 0.15) is 17.1 Å². The van der Waals surface area contributed by atoms with Gasteiger partial charge in [0.25, 0.3) is 0 Å². The lowest BCUT2D eigenvalue weighted by atomic mass is 10.1. The van der Waals surface area contributed by atoms with Crippen LogP contribution in [0.4, 0.5) is 5.82 Å². The van der Waals surface area contributed by atoms with E-state index >= 15 is 0 Å². The number of phenols is 1. The fourth-order valence-electron chi connectivity index (χ4n) is 4.01. The molecular weight excluding hydrogens is 366 g/mol. The van der Waals surface area contributed by atoms with Crippen molar-refractivity contribution in [1.82, 2.24) is 20.3 Å². The van der Waals surface area contributed by atoms with E-state index in [9.17, 15) is 5.11 Å². The van der Waals surface area contributed by atoms with Gasteiger partial charge >= 0.3 is 0 Å². The number of nitrogens with zero attached hydrogens (tertiary/aromatic N) is 4. The highest BCUT2D eigenvalue weighted by Gasteiger charge is 2.19. The van der Waals surface area contributed by atoms with Crippen molar-refractivity contribution in [3.05, 3.63) is 42.3 Å². The zero-order valence-corrected chi connectivity index (χ0v) is 16.5. The maximum absolute atomic E-state index is 10.5. The molecule has 0 unspecified atom stereocenters. The van der Waals surface area contributed by atoms with Crippen molar-refractivity contribution in [2.24, 2.45) is 0 Å². The Morgan fingerprint density at radius 1 is 1.00 bits per heavy atom. The maximum Gasteiger partial charge on any atom is 0.192 e. The number of rotatable bonds is 3. The Balaban J connectivity index is 1.47. The normalized spacial score (nSPS) is 15.4. The summed E-state index contributed by atoms with van der Waals surface area (Å²) in [6.45, 7) is 3.79. The van der Waals surface area contributed by atoms with E-state index in [-0.39, 0.29) is 5.75 Å². The molecule has 0 radical (unpaired) electrons. The van der Waals surface area contributed by atoms with Gasteiger partial charge in [-0.25, -0.2) is 15.0 Å². The minimum Gasteiger partial charge on any atom is -0.507 e. The molecule has 2 N–H and O–H groups in total. The molecule has 148 valence electrons. The monoisotopic (exact) mass is 389 g/mol. The number of hydrogen-bond donors (Lipinski definition) is 2. The quantitative estimate of drug-likeness (QED) is 0.553. The number of aromatic hydroxyl groups is 1. The molecule has 0 saturated carbocycles. The highest BCUT2D eigenvalue weighted by atomic mass is 16.3. The molecule has 1 aliphatic rings. The Bertz CT molecular complexity index is 1190. The van der Waals surface area contributed by atoms with Crippen LogP contribution in [0.3, 0.4) is 0 Å². The molecule has 1 saturated heterocycles. The summed E-state index contributed by atoms with van der Waals surface area (Å²) in [5, 5.41) is 13.8. The van der Waals surface area contributed by atoms with Gasteiger partial charge in [0.05, 0.1) is 16.7 Å². The summed E-state index contributed by atoms with van der Waals surface area (Å²) in [7, 11) is 2.02. The lowest BCUT2D eigenvalue weighted by Crippen LogP contribution is -2.41. The van der Waals surface area contributed by atoms with E-state index in [1.165, 1.54) is 0 Å². The zero-order valence-electron chi connectivity index (χ0n) is 16.5. The molecule has 7 heteroatoms. The Labute approximate surface area is 168 Å². The first-order chi connectivity index (χ1) is 14.1. The molecule has 0 bridgehead atoms. The van der Waals surface area contributed by atoms with Crippen LogP contribution >= 0.6 is 0 Å². The van der Waals surface area contributed by atoms with Gasteiger partial charge in [-0.05, 0) is 50.2 Å². The van der Waals surface area contributed by atoms with E-state index in [0.717, 1.165) is 42.8 Å². The van der Waals surface area contributed by atoms with Crippen molar-refractivity contribution in [3.8, 4) is 17.0 Å². The van der Waals surface area contributed by atoms with Crippen LogP contribution in [0.15, 0.2) is 40.8 Å². The number of aromatic nitrogens is 3. The molecule has 4 heterocycles. The van der Waals surface area contributed by atoms with Gasteiger partial charge in [-0.2, -0.15) is 0 Å². The van der Waals surface area contributed by atoms with Crippen molar-refractivity contribution in [3.63, 3.8) is 0 Å². The van der Waals surface area contributed by atoms with Crippen molar-refractivity contribution < 1.29 is 9.52 Å². The Morgan fingerprint density at radius 2 is 1.76 bits per heavy atom. The molecule has 0 atom stereocenters. The molecule has 5 rings (SSSR count). The van der Waals surface area contributed by atoms with E-state index in [1.54, 1.807) is 19.1 Å². The average Bonchev–Trinajstić information content (AvgIpc) is 3.11. The summed E-state index contributed by atoms with van der Waals surface area (Å²) < 4.78 is 5.60. The first-order valence-corrected chi connectivity index (χ1v) is 9.91. The maximum atomic E-state index is 10.5. The van der Waals surface area contributed by atoms with Crippen LogP contribution in [-0.4, -0.2) is 46.2 Å². The number of nitrogens with one attached hydrogen (secondary N) is 1. The molecule has 0 aliphatic carbocycles. The summed E-state index contributed by atoms with van der Waals surface area (Å²) in [6.07, 6.45) is 2.24. The Morgan fingerprint density at radius 3 is 2.55 bits per heavy atom. The molecule has 7 nitrogen and oxygen atoms in total. The first-order valence-electron chi connectivity index (χ1n) is 9.91. The number of oxazole rings is 1. The van der Waals surface area contributed by atoms with Gasteiger partial charge in [0.15, 0.2) is 11.5 Å². The number of aryl methyl sites for hydroxylation is 1. The molecule has 3 aromatic heterocycles. The number of piperidine rings is 1. The molecule has 0 spiro atoms. The van der Waals surface area contributed by atoms with Crippen molar-refractivity contribution >= 4 is 28.0 Å². The summed E-state index contributed by atoms with van der Waals surface area (Å²) >= 11 is 0. The van der Waals surface area contributed by atoms with E-state index in [2.05, 4.69) is 15.2 Å². The second-order valence-electron chi connectivity index (χ2n) is 7.52. The number of pyridine rings is 2. The van der Waals surface area contributed by atoms with E-state index in [1.807, 2.05) is 31.3 Å². The van der Waals surface area contributed by atoms with Gasteiger partial charge in [0.2, 0.25) is 0 Å². The standard InChI is InChI=1S/C22H23N5O2/c1-13-24-19-12-20(28)15(11-21(19)29-13)16-3-4-18-17(25-16)5-6-22(26-18)27-9-7-14(23-2)8-10-27/h3-6,11-12,14,23,28H,7-10H2,1-2H3. The summed E-state index contributed by atoms with van der Waals surface area (Å²) in [4.78, 5) is 16.1. The smallest absolute Gasteiger partial charge is 0.192 e. The largest absolute Gasteiger partial charge is 0.507 e. The number of benzene rings is 1. The van der Waals surface area contributed by atoms with E-state index in [4.69, 9.17) is 14.4 Å². The third kappa shape index (κ3) is 3.27. The van der Waals surface area contributed by atoms with Crippen LogP contribution in [-0.2, 0) is 0 Å². The second kappa shape index (κ2) is 7.00. The molecule has 1 fully saturated rings. The third-order valence-electron chi connectivity index (χ3n) is 5.64. The molecule has 1 aliphatic heterocycles. The van der Waals surface area contributed by atoms with Crippen molar-refractivity contribution in [2.75, 3.05) is 25.0 Å². The molecular formula is C22H23N5O2. The predicted octanol–water partition coefficient (Wildman–Crippen LogP) is 3.64. The van der Waals surface area contributed by atoms with Crippen LogP contribution in [0.5, 0.6) is 5.75 Å². The minimum atomic E-state index is 0.134. The number of phenolic OH excluding ortho intramolecular Hbond substituents is 1. The predicted molar refractivity (Wildman–Crippen MR) is 113 cm³/mol. The summed E-state index contributed by atoms with van der Waals surface area (Å²) in [6, 6.07) is 11.9. The second-order valence-corrected chi connectivity index (χ2v) is 7.52. The highest BCUT2D eigenvalue weighted by molar-refractivity contribution is 5.86. The van der Waals surface area contributed by atoms with Gasteiger partial charge in [-0.3, -0.25) is 0 Å². The molecule has 1 aromatic carbocycles. The van der Waals surface area contributed by atoms with Gasteiger partial charge in [-0.15, -0.1) is 0 Å². The minimum absolute atomic E-state index is 0.134. The SMILES string of the molecule is CNC1CCN(c2ccc3nc(-c4cc5oc(C)nc5cc4O)ccc3n2)CC1. The fourth-order valence-corrected chi connectivity index (χ4v) is 4.01. The first kappa shape index (κ1) is 17.9. The Hall–Kier alpha value is -3.19. The number of hydrogen-bond acceptors (Lipinski definition) is 7. The highest BCUT2D eigenvalue weighted by Crippen LogP contribution is 2.33. The molecule has 4 aromatic rings. The van der Waals surface area contributed by atoms with Crippen LogP contribution in [0.1, 0.15) is 18.7 Å². The van der Waals surface area contributed by atoms with E-state index in [0.29, 0.717) is 34.3 Å². The van der Waals surface area contributed by atoms with Crippen LogP contribution in [0.25, 0.3) is 33.4 Å². The number of fused-ring (bicyclic) bond motifs is 2. The lowest BCUT2D eigenvalue weighted by molar-refractivity contribution is 0.441. The van der Waals surface area contributed by atoms with Gasteiger partial charge in [0, 0.05) is 37.7 Å². The van der Waals surface area contributed by atoms with Crippen molar-refractivity contribution in [2.45, 2.75) is 25.8 Å². The summed E-state index contributed by atoms with van der Waals surface area (Å²) in [5.41, 5.74) is 4.21. The van der Waals surface area contributed by atoms with Crippen LogP contribution in [0, 0.1) is 6.92 Å².